The van der Waals surface area contributed by atoms with Gasteiger partial charge in [0.1, 0.15) is 6.61 Å². The fourth-order valence-electron chi connectivity index (χ4n) is 2.15. The van der Waals surface area contributed by atoms with Gasteiger partial charge >= 0.3 is 5.97 Å². The highest BCUT2D eigenvalue weighted by atomic mass is 16.5. The summed E-state index contributed by atoms with van der Waals surface area (Å²) in [6, 6.07) is 14.4. The molecule has 0 fully saturated rings. The van der Waals surface area contributed by atoms with Crippen LogP contribution in [0.15, 0.2) is 48.5 Å². The molecule has 0 aliphatic carbocycles. The van der Waals surface area contributed by atoms with Crippen molar-refractivity contribution in [2.75, 3.05) is 13.2 Å². The minimum absolute atomic E-state index is 0.135. The van der Waals surface area contributed by atoms with Crippen LogP contribution in [0.2, 0.25) is 0 Å². The van der Waals surface area contributed by atoms with Crippen LogP contribution in [0, 0.1) is 0 Å². The fourth-order valence-corrected chi connectivity index (χ4v) is 2.15. The highest BCUT2D eigenvalue weighted by Gasteiger charge is 2.24. The molecule has 126 valence electrons. The van der Waals surface area contributed by atoms with Gasteiger partial charge in [0.15, 0.2) is 11.5 Å². The molecule has 0 spiro atoms. The Morgan fingerprint density at radius 3 is 2.29 bits per heavy atom. The van der Waals surface area contributed by atoms with Gasteiger partial charge in [-0.3, -0.25) is 4.79 Å². The molecule has 0 atom stereocenters. The molecule has 0 radical (unpaired) electrons. The highest BCUT2D eigenvalue weighted by Crippen LogP contribution is 2.32. The van der Waals surface area contributed by atoms with Crippen molar-refractivity contribution >= 4 is 11.8 Å². The van der Waals surface area contributed by atoms with Crippen molar-refractivity contribution in [2.45, 2.75) is 20.5 Å². The van der Waals surface area contributed by atoms with E-state index >= 15 is 0 Å². The predicted octanol–water partition coefficient (Wildman–Crippen LogP) is 3.41. The minimum Gasteiger partial charge on any atom is -0.490 e. The maximum absolute atomic E-state index is 12.3. The first-order chi connectivity index (χ1) is 11.7. The van der Waals surface area contributed by atoms with Crippen molar-refractivity contribution in [3.05, 3.63) is 59.7 Å². The standard InChI is InChI=1S/C19H20O5/c1-3-22-16-12-8-11-15(17(20)19(21)23-4-2)18(16)24-13-14-9-6-5-7-10-14/h5-12H,3-4,13H2,1-2H3. The number of carbonyl (C=O) groups is 2. The molecule has 0 bridgehead atoms. The van der Waals surface area contributed by atoms with Crippen molar-refractivity contribution < 1.29 is 23.8 Å². The largest absolute Gasteiger partial charge is 0.490 e. The molecule has 2 rings (SSSR count). The number of para-hydroxylation sites is 1. The van der Waals surface area contributed by atoms with Crippen LogP contribution in [0.1, 0.15) is 29.8 Å². The topological polar surface area (TPSA) is 61.8 Å². The van der Waals surface area contributed by atoms with Gasteiger partial charge in [0.05, 0.1) is 18.8 Å². The predicted molar refractivity (Wildman–Crippen MR) is 89.3 cm³/mol. The van der Waals surface area contributed by atoms with E-state index in [1.165, 1.54) is 6.07 Å². The average Bonchev–Trinajstić information content (AvgIpc) is 2.61. The second-order valence-corrected chi connectivity index (χ2v) is 4.89. The summed E-state index contributed by atoms with van der Waals surface area (Å²) in [5, 5.41) is 0. The molecular weight excluding hydrogens is 308 g/mol. The third kappa shape index (κ3) is 4.35. The van der Waals surface area contributed by atoms with Gasteiger partial charge < -0.3 is 14.2 Å². The lowest BCUT2D eigenvalue weighted by atomic mass is 10.1. The summed E-state index contributed by atoms with van der Waals surface area (Å²) in [7, 11) is 0. The van der Waals surface area contributed by atoms with Crippen molar-refractivity contribution in [1.29, 1.82) is 0 Å². The molecular formula is C19H20O5. The Morgan fingerprint density at radius 1 is 0.875 bits per heavy atom. The van der Waals surface area contributed by atoms with E-state index in [1.54, 1.807) is 19.1 Å². The zero-order valence-corrected chi connectivity index (χ0v) is 13.8. The lowest BCUT2D eigenvalue weighted by molar-refractivity contribution is -0.137. The SMILES string of the molecule is CCOC(=O)C(=O)c1cccc(OCC)c1OCc1ccccc1. The van der Waals surface area contributed by atoms with Crippen LogP contribution in [0.5, 0.6) is 11.5 Å². The number of hydrogen-bond acceptors (Lipinski definition) is 5. The van der Waals surface area contributed by atoms with Crippen LogP contribution in [0.3, 0.4) is 0 Å². The molecule has 0 aromatic heterocycles. The lowest BCUT2D eigenvalue weighted by Crippen LogP contribution is -2.19. The number of carbonyl (C=O) groups excluding carboxylic acids is 2. The van der Waals surface area contributed by atoms with Crippen LogP contribution in [-0.2, 0) is 16.1 Å². The molecule has 0 unspecified atom stereocenters. The first kappa shape index (κ1) is 17.5. The molecule has 0 saturated carbocycles. The number of ketones is 1. The van der Waals surface area contributed by atoms with Gasteiger partial charge in [-0.15, -0.1) is 0 Å². The lowest BCUT2D eigenvalue weighted by Gasteiger charge is -2.15. The van der Waals surface area contributed by atoms with Gasteiger partial charge in [0.25, 0.3) is 5.78 Å². The van der Waals surface area contributed by atoms with Crippen molar-refractivity contribution in [3.63, 3.8) is 0 Å². The Bertz CT molecular complexity index is 694. The Kier molecular flexibility index (Phi) is 6.37. The van der Waals surface area contributed by atoms with E-state index in [9.17, 15) is 9.59 Å². The van der Waals surface area contributed by atoms with Gasteiger partial charge in [-0.1, -0.05) is 36.4 Å². The van der Waals surface area contributed by atoms with Crippen molar-refractivity contribution in [3.8, 4) is 11.5 Å². The van der Waals surface area contributed by atoms with E-state index in [0.29, 0.717) is 12.4 Å². The maximum Gasteiger partial charge on any atom is 0.379 e. The van der Waals surface area contributed by atoms with Crippen LogP contribution in [0.25, 0.3) is 0 Å². The summed E-state index contributed by atoms with van der Waals surface area (Å²) in [5.41, 5.74) is 1.08. The summed E-state index contributed by atoms with van der Waals surface area (Å²) in [5.74, 6) is -0.984. The van der Waals surface area contributed by atoms with Crippen LogP contribution in [0.4, 0.5) is 0 Å². The van der Waals surface area contributed by atoms with E-state index < -0.39 is 11.8 Å². The summed E-state index contributed by atoms with van der Waals surface area (Å²) < 4.78 is 16.1. The summed E-state index contributed by atoms with van der Waals surface area (Å²) in [4.78, 5) is 24.1. The van der Waals surface area contributed by atoms with Crippen molar-refractivity contribution in [2.24, 2.45) is 0 Å². The molecule has 5 nitrogen and oxygen atoms in total. The normalized spacial score (nSPS) is 10.1. The number of benzene rings is 2. The summed E-state index contributed by atoms with van der Waals surface area (Å²) in [6.45, 7) is 4.29. The van der Waals surface area contributed by atoms with Crippen LogP contribution >= 0.6 is 0 Å². The Labute approximate surface area is 141 Å². The third-order valence-electron chi connectivity index (χ3n) is 3.21. The Morgan fingerprint density at radius 2 is 1.62 bits per heavy atom. The molecule has 0 aliphatic rings. The van der Waals surface area contributed by atoms with Crippen LogP contribution < -0.4 is 9.47 Å². The molecule has 0 amide bonds. The summed E-state index contributed by atoms with van der Waals surface area (Å²) >= 11 is 0. The van der Waals surface area contributed by atoms with E-state index in [-0.39, 0.29) is 24.5 Å². The van der Waals surface area contributed by atoms with Crippen LogP contribution in [-0.4, -0.2) is 25.0 Å². The van der Waals surface area contributed by atoms with E-state index in [0.717, 1.165) is 5.56 Å². The van der Waals surface area contributed by atoms with E-state index in [4.69, 9.17) is 14.2 Å². The molecule has 0 heterocycles. The van der Waals surface area contributed by atoms with E-state index in [2.05, 4.69) is 0 Å². The zero-order chi connectivity index (χ0) is 17.4. The highest BCUT2D eigenvalue weighted by molar-refractivity contribution is 6.41. The minimum atomic E-state index is -0.907. The van der Waals surface area contributed by atoms with Gasteiger partial charge in [-0.25, -0.2) is 4.79 Å². The van der Waals surface area contributed by atoms with Gasteiger partial charge in [0, 0.05) is 0 Å². The second-order valence-electron chi connectivity index (χ2n) is 4.89. The third-order valence-corrected chi connectivity index (χ3v) is 3.21. The number of hydrogen-bond donors (Lipinski definition) is 0. The van der Waals surface area contributed by atoms with Crippen molar-refractivity contribution in [1.82, 2.24) is 0 Å². The van der Waals surface area contributed by atoms with Gasteiger partial charge in [-0.2, -0.15) is 0 Å². The van der Waals surface area contributed by atoms with E-state index in [1.807, 2.05) is 37.3 Å². The van der Waals surface area contributed by atoms with Gasteiger partial charge in [0.2, 0.25) is 0 Å². The Balaban J connectivity index is 2.31. The molecule has 5 heteroatoms. The molecule has 2 aromatic carbocycles. The number of esters is 1. The number of ether oxygens (including phenoxy) is 3. The maximum atomic E-state index is 12.3. The Hall–Kier alpha value is -2.82. The quantitative estimate of drug-likeness (QED) is 0.422. The molecule has 0 aliphatic heterocycles. The number of Topliss-reactive ketones (excluding diaryl/α,β-unsaturated/α-hetero) is 1. The molecule has 0 N–H and O–H groups in total. The molecule has 0 saturated heterocycles. The fraction of sp³-hybridized carbons (Fsp3) is 0.263. The molecule has 2 aromatic rings. The average molecular weight is 328 g/mol. The first-order valence-electron chi connectivity index (χ1n) is 7.81. The zero-order valence-electron chi connectivity index (χ0n) is 13.8. The second kappa shape index (κ2) is 8.72. The first-order valence-corrected chi connectivity index (χ1v) is 7.81. The molecule has 24 heavy (non-hydrogen) atoms. The number of rotatable bonds is 8. The van der Waals surface area contributed by atoms with Gasteiger partial charge in [-0.05, 0) is 31.5 Å². The summed E-state index contributed by atoms with van der Waals surface area (Å²) in [6.07, 6.45) is 0. The monoisotopic (exact) mass is 328 g/mol. The smallest absolute Gasteiger partial charge is 0.379 e.